The van der Waals surface area contributed by atoms with Crippen molar-refractivity contribution < 1.29 is 13.6 Å². The number of nitrogens with zero attached hydrogens (tertiary/aromatic N) is 5. The van der Waals surface area contributed by atoms with E-state index in [1.54, 1.807) is 6.07 Å². The van der Waals surface area contributed by atoms with Crippen molar-refractivity contribution in [2.24, 2.45) is 13.0 Å². The van der Waals surface area contributed by atoms with E-state index in [1.165, 1.54) is 25.0 Å². The molecule has 1 aliphatic carbocycles. The van der Waals surface area contributed by atoms with Gasteiger partial charge in [0.15, 0.2) is 5.82 Å². The van der Waals surface area contributed by atoms with Crippen molar-refractivity contribution in [3.63, 3.8) is 0 Å². The number of alkyl halides is 2. The molecule has 0 atom stereocenters. The Labute approximate surface area is 197 Å². The van der Waals surface area contributed by atoms with Crippen molar-refractivity contribution in [3.8, 4) is 11.1 Å². The van der Waals surface area contributed by atoms with Crippen LogP contribution in [0.4, 0.5) is 14.6 Å². The zero-order chi connectivity index (χ0) is 23.7. The number of aryl methyl sites for hydroxylation is 1. The van der Waals surface area contributed by atoms with Crippen LogP contribution in [0, 0.1) is 5.92 Å². The zero-order valence-corrected chi connectivity index (χ0v) is 19.4. The molecule has 1 saturated carbocycles. The van der Waals surface area contributed by atoms with Gasteiger partial charge in [-0.1, -0.05) is 12.5 Å². The lowest BCUT2D eigenvalue weighted by atomic mass is 9.86. The number of amides is 1. The number of benzene rings is 1. The number of piperidine rings is 1. The second kappa shape index (κ2) is 9.37. The molecule has 2 aliphatic rings. The molecule has 7 nitrogen and oxygen atoms in total. The number of halogens is 2. The fourth-order valence-corrected chi connectivity index (χ4v) is 5.03. The van der Waals surface area contributed by atoms with Gasteiger partial charge in [0.25, 0.3) is 0 Å². The highest BCUT2D eigenvalue weighted by Gasteiger charge is 2.37. The molecule has 1 aliphatic heterocycles. The summed E-state index contributed by atoms with van der Waals surface area (Å²) < 4.78 is 28.8. The fraction of sp³-hybridized carbons (Fsp3) is 0.520. The number of fused-ring (bicyclic) bond motifs is 1. The van der Waals surface area contributed by atoms with Gasteiger partial charge in [0.2, 0.25) is 11.8 Å². The van der Waals surface area contributed by atoms with Gasteiger partial charge in [0.05, 0.1) is 17.4 Å². The van der Waals surface area contributed by atoms with Crippen molar-refractivity contribution >= 4 is 22.6 Å². The molecule has 0 bridgehead atoms. The summed E-state index contributed by atoms with van der Waals surface area (Å²) >= 11 is 0. The largest absolute Gasteiger partial charge is 0.309 e. The summed E-state index contributed by atoms with van der Waals surface area (Å²) in [6, 6.07) is 7.78. The summed E-state index contributed by atoms with van der Waals surface area (Å²) in [4.78, 5) is 15.1. The number of hydrogen-bond donors (Lipinski definition) is 1. The Balaban J connectivity index is 1.35. The van der Waals surface area contributed by atoms with Crippen LogP contribution >= 0.6 is 0 Å². The lowest BCUT2D eigenvalue weighted by molar-refractivity contribution is -0.124. The van der Waals surface area contributed by atoms with E-state index in [0.717, 1.165) is 41.7 Å². The first-order valence-electron chi connectivity index (χ1n) is 12.1. The quantitative estimate of drug-likeness (QED) is 0.583. The number of aromatic nitrogens is 4. The number of anilines is 1. The Morgan fingerprint density at radius 1 is 1.12 bits per heavy atom. The van der Waals surface area contributed by atoms with Gasteiger partial charge in [0.1, 0.15) is 0 Å². The Morgan fingerprint density at radius 3 is 2.65 bits per heavy atom. The molecular weight excluding hydrogens is 438 g/mol. The molecule has 1 N–H and O–H groups in total. The third kappa shape index (κ3) is 4.94. The number of hydrogen-bond acceptors (Lipinski definition) is 5. The van der Waals surface area contributed by atoms with Crippen molar-refractivity contribution in [2.45, 2.75) is 57.4 Å². The topological polar surface area (TPSA) is 75.9 Å². The van der Waals surface area contributed by atoms with Gasteiger partial charge in [-0.3, -0.25) is 14.4 Å². The van der Waals surface area contributed by atoms with Crippen LogP contribution in [0.2, 0.25) is 0 Å². The summed E-state index contributed by atoms with van der Waals surface area (Å²) in [5, 5.41) is 16.5. The fourth-order valence-electron chi connectivity index (χ4n) is 5.03. The van der Waals surface area contributed by atoms with E-state index >= 15 is 0 Å². The highest BCUT2D eigenvalue weighted by atomic mass is 19.3. The molecule has 180 valence electrons. The van der Waals surface area contributed by atoms with Gasteiger partial charge < -0.3 is 5.32 Å². The minimum atomic E-state index is -2.66. The lowest BCUT2D eigenvalue weighted by Gasteiger charge is -2.27. The average Bonchev–Trinajstić information content (AvgIpc) is 3.19. The first-order chi connectivity index (χ1) is 16.4. The van der Waals surface area contributed by atoms with E-state index in [0.29, 0.717) is 5.82 Å². The second-order valence-corrected chi connectivity index (χ2v) is 9.59. The van der Waals surface area contributed by atoms with E-state index < -0.39 is 11.8 Å². The van der Waals surface area contributed by atoms with Crippen LogP contribution in [-0.4, -0.2) is 49.8 Å². The molecule has 1 aromatic carbocycles. The third-order valence-corrected chi connectivity index (χ3v) is 7.12. The number of likely N-dealkylation sites (tertiary alicyclic amines) is 1. The molecule has 2 fully saturated rings. The smallest absolute Gasteiger partial charge is 0.248 e. The van der Waals surface area contributed by atoms with Gasteiger partial charge in [-0.25, -0.2) is 8.78 Å². The molecule has 0 spiro atoms. The number of carbonyl (C=O) groups excluding carboxylic acids is 1. The van der Waals surface area contributed by atoms with Gasteiger partial charge in [-0.05, 0) is 62.5 Å². The van der Waals surface area contributed by atoms with Crippen LogP contribution in [0.3, 0.4) is 0 Å². The van der Waals surface area contributed by atoms with E-state index in [4.69, 9.17) is 0 Å². The highest BCUT2D eigenvalue weighted by molar-refractivity contribution is 5.94. The Morgan fingerprint density at radius 2 is 1.88 bits per heavy atom. The maximum Gasteiger partial charge on any atom is 0.248 e. The number of carbonyl (C=O) groups is 1. The lowest BCUT2D eigenvalue weighted by Crippen LogP contribution is -2.32. The third-order valence-electron chi connectivity index (χ3n) is 7.12. The zero-order valence-electron chi connectivity index (χ0n) is 19.4. The second-order valence-electron chi connectivity index (χ2n) is 9.59. The maximum absolute atomic E-state index is 13.4. The molecule has 3 heterocycles. The van der Waals surface area contributed by atoms with Crippen LogP contribution in [0.25, 0.3) is 22.0 Å². The molecule has 34 heavy (non-hydrogen) atoms. The molecule has 1 amide bonds. The average molecular weight is 469 g/mol. The van der Waals surface area contributed by atoms with Crippen molar-refractivity contribution in [3.05, 3.63) is 36.2 Å². The van der Waals surface area contributed by atoms with E-state index in [1.807, 2.05) is 36.1 Å². The molecule has 3 aromatic rings. The minimum absolute atomic E-state index is 0.185. The van der Waals surface area contributed by atoms with Crippen LogP contribution in [-0.2, 0) is 18.4 Å². The van der Waals surface area contributed by atoms with Crippen molar-refractivity contribution in [1.29, 1.82) is 0 Å². The molecule has 0 unspecified atom stereocenters. The van der Waals surface area contributed by atoms with Crippen molar-refractivity contribution in [2.75, 3.05) is 18.4 Å². The normalized spacial score (nSPS) is 19.4. The van der Waals surface area contributed by atoms with Crippen molar-refractivity contribution in [1.82, 2.24) is 24.9 Å². The Hall–Kier alpha value is -2.94. The molecule has 2 aromatic heterocycles. The van der Waals surface area contributed by atoms with Crippen LogP contribution in [0.15, 0.2) is 30.5 Å². The summed E-state index contributed by atoms with van der Waals surface area (Å²) in [7, 11) is 1.98. The standard InChI is InChI=1S/C25H30F2N6O/c1-32-22(16-33-11-3-2-4-12-33)20(15-28-32)18-5-6-21-19(13-18)14-23(31-30-21)29-24(34)17-7-9-25(26,27)10-8-17/h5-6,13-15,17H,2-4,7-12,16H2,1H3,(H,29,31,34). The first kappa shape index (κ1) is 22.8. The predicted molar refractivity (Wildman–Crippen MR) is 126 cm³/mol. The monoisotopic (exact) mass is 468 g/mol. The molecule has 5 rings (SSSR count). The van der Waals surface area contributed by atoms with Crippen LogP contribution in [0.5, 0.6) is 0 Å². The summed E-state index contributed by atoms with van der Waals surface area (Å²) in [6.07, 6.45) is 5.55. The van der Waals surface area contributed by atoms with E-state index in [9.17, 15) is 13.6 Å². The van der Waals surface area contributed by atoms with E-state index in [-0.39, 0.29) is 31.6 Å². The van der Waals surface area contributed by atoms with Gasteiger partial charge >= 0.3 is 0 Å². The van der Waals surface area contributed by atoms with Gasteiger partial charge in [-0.15, -0.1) is 10.2 Å². The first-order valence-corrected chi connectivity index (χ1v) is 12.1. The van der Waals surface area contributed by atoms with E-state index in [2.05, 4.69) is 25.5 Å². The van der Waals surface area contributed by atoms with Crippen LogP contribution < -0.4 is 5.32 Å². The highest BCUT2D eigenvalue weighted by Crippen LogP contribution is 2.36. The summed E-state index contributed by atoms with van der Waals surface area (Å²) in [6.45, 7) is 3.08. The van der Waals surface area contributed by atoms with Gasteiger partial charge in [-0.2, -0.15) is 5.10 Å². The van der Waals surface area contributed by atoms with Gasteiger partial charge in [0, 0.05) is 43.3 Å². The maximum atomic E-state index is 13.4. The number of nitrogens with one attached hydrogen (secondary N) is 1. The SMILES string of the molecule is Cn1ncc(-c2ccc3nnc(NC(=O)C4CCC(F)(F)CC4)cc3c2)c1CN1CCCCC1. The molecule has 9 heteroatoms. The molecular formula is C25H30F2N6O. The van der Waals surface area contributed by atoms with Crippen LogP contribution in [0.1, 0.15) is 50.6 Å². The minimum Gasteiger partial charge on any atom is -0.309 e. The molecule has 0 radical (unpaired) electrons. The summed E-state index contributed by atoms with van der Waals surface area (Å²) in [5.74, 6) is -3.01. The number of rotatable bonds is 5. The molecule has 1 saturated heterocycles. The Kier molecular flexibility index (Phi) is 6.29. The summed E-state index contributed by atoms with van der Waals surface area (Å²) in [5.41, 5.74) is 4.01. The Bertz CT molecular complexity index is 1180. The predicted octanol–water partition coefficient (Wildman–Crippen LogP) is 4.78.